The highest BCUT2D eigenvalue weighted by Crippen LogP contribution is 2.08. The van der Waals surface area contributed by atoms with Crippen LogP contribution in [0.1, 0.15) is 16.7 Å². The Kier molecular flexibility index (Phi) is 6.27. The quantitative estimate of drug-likeness (QED) is 0.575. The first-order valence-corrected chi connectivity index (χ1v) is 6.84. The maximum Gasteiger partial charge on any atom is 0.0206 e. The van der Waals surface area contributed by atoms with E-state index in [1.807, 2.05) is 17.8 Å². The van der Waals surface area contributed by atoms with Crippen molar-refractivity contribution >= 4 is 11.8 Å². The number of benzene rings is 1. The summed E-state index contributed by atoms with van der Waals surface area (Å²) in [4.78, 5) is 0. The third-order valence-corrected chi connectivity index (χ3v) is 3.23. The lowest BCUT2D eigenvalue weighted by Gasteiger charge is -2.06. The van der Waals surface area contributed by atoms with Crippen molar-refractivity contribution < 1.29 is 0 Å². The molecule has 0 saturated heterocycles. The second kappa shape index (κ2) is 7.53. The van der Waals surface area contributed by atoms with Crippen molar-refractivity contribution in [1.82, 2.24) is 5.32 Å². The largest absolute Gasteiger partial charge is 0.312 e. The fraction of sp³-hybridized carbons (Fsp3) is 0.429. The molecule has 1 aromatic rings. The van der Waals surface area contributed by atoms with Gasteiger partial charge >= 0.3 is 0 Å². The zero-order valence-electron chi connectivity index (χ0n) is 10.3. The van der Waals surface area contributed by atoms with Crippen LogP contribution in [0, 0.1) is 13.8 Å². The number of hydrogen-bond acceptors (Lipinski definition) is 2. The van der Waals surface area contributed by atoms with Gasteiger partial charge in [-0.2, -0.15) is 11.8 Å². The predicted octanol–water partition coefficient (Wildman–Crippen LogP) is 3.31. The van der Waals surface area contributed by atoms with Crippen LogP contribution < -0.4 is 5.32 Å². The molecule has 1 rings (SSSR count). The molecule has 0 bridgehead atoms. The molecule has 0 amide bonds. The summed E-state index contributed by atoms with van der Waals surface area (Å²) in [5, 5.41) is 3.46. The maximum absolute atomic E-state index is 3.70. The molecule has 0 aliphatic carbocycles. The van der Waals surface area contributed by atoms with Gasteiger partial charge in [0, 0.05) is 24.6 Å². The normalized spacial score (nSPS) is 10.4. The van der Waals surface area contributed by atoms with Crippen molar-refractivity contribution in [3.63, 3.8) is 0 Å². The molecule has 88 valence electrons. The van der Waals surface area contributed by atoms with Crippen molar-refractivity contribution in [3.8, 4) is 0 Å². The SMILES string of the molecule is C=CCSCCNCc1cc(C)cc(C)c1. The molecule has 0 unspecified atom stereocenters. The van der Waals surface area contributed by atoms with Crippen molar-refractivity contribution in [2.24, 2.45) is 0 Å². The monoisotopic (exact) mass is 235 g/mol. The predicted molar refractivity (Wildman–Crippen MR) is 75.1 cm³/mol. The van der Waals surface area contributed by atoms with Gasteiger partial charge in [-0.1, -0.05) is 35.4 Å². The highest BCUT2D eigenvalue weighted by molar-refractivity contribution is 7.99. The van der Waals surface area contributed by atoms with E-state index in [-0.39, 0.29) is 0 Å². The Morgan fingerprint density at radius 2 is 1.94 bits per heavy atom. The van der Waals surface area contributed by atoms with Crippen LogP contribution >= 0.6 is 11.8 Å². The molecule has 0 aliphatic heterocycles. The molecular weight excluding hydrogens is 214 g/mol. The van der Waals surface area contributed by atoms with E-state index in [4.69, 9.17) is 0 Å². The molecule has 0 heterocycles. The molecule has 0 saturated carbocycles. The smallest absolute Gasteiger partial charge is 0.0206 e. The van der Waals surface area contributed by atoms with Crippen LogP contribution in [-0.2, 0) is 6.54 Å². The van der Waals surface area contributed by atoms with Gasteiger partial charge in [0.05, 0.1) is 0 Å². The molecule has 16 heavy (non-hydrogen) atoms. The van der Waals surface area contributed by atoms with Gasteiger partial charge in [-0.05, 0) is 19.4 Å². The summed E-state index contributed by atoms with van der Waals surface area (Å²) in [6.45, 7) is 10.0. The molecule has 2 heteroatoms. The molecular formula is C14H21NS. The van der Waals surface area contributed by atoms with Crippen molar-refractivity contribution in [1.29, 1.82) is 0 Å². The van der Waals surface area contributed by atoms with Gasteiger partial charge in [0.1, 0.15) is 0 Å². The van der Waals surface area contributed by atoms with E-state index in [9.17, 15) is 0 Å². The lowest BCUT2D eigenvalue weighted by molar-refractivity contribution is 0.731. The van der Waals surface area contributed by atoms with E-state index < -0.39 is 0 Å². The fourth-order valence-corrected chi connectivity index (χ4v) is 2.34. The Morgan fingerprint density at radius 1 is 1.25 bits per heavy atom. The van der Waals surface area contributed by atoms with E-state index in [2.05, 4.69) is 43.9 Å². The first-order chi connectivity index (χ1) is 7.72. The van der Waals surface area contributed by atoms with E-state index >= 15 is 0 Å². The van der Waals surface area contributed by atoms with Gasteiger partial charge in [0.15, 0.2) is 0 Å². The zero-order chi connectivity index (χ0) is 11.8. The van der Waals surface area contributed by atoms with Crippen LogP contribution in [0.15, 0.2) is 30.9 Å². The minimum Gasteiger partial charge on any atom is -0.312 e. The number of rotatable bonds is 7. The Hall–Kier alpha value is -0.730. The summed E-state index contributed by atoms with van der Waals surface area (Å²) in [5.41, 5.74) is 4.07. The zero-order valence-corrected chi connectivity index (χ0v) is 11.1. The molecule has 1 nitrogen and oxygen atoms in total. The third kappa shape index (κ3) is 5.38. The van der Waals surface area contributed by atoms with Crippen molar-refractivity contribution in [2.75, 3.05) is 18.1 Å². The van der Waals surface area contributed by atoms with Crippen molar-refractivity contribution in [2.45, 2.75) is 20.4 Å². The molecule has 0 radical (unpaired) electrons. The average Bonchev–Trinajstić information content (AvgIpc) is 2.22. The van der Waals surface area contributed by atoms with Crippen LogP contribution in [0.25, 0.3) is 0 Å². The van der Waals surface area contributed by atoms with Crippen LogP contribution in [0.2, 0.25) is 0 Å². The van der Waals surface area contributed by atoms with Gasteiger partial charge in [-0.25, -0.2) is 0 Å². The van der Waals surface area contributed by atoms with Gasteiger partial charge in [-0.3, -0.25) is 0 Å². The van der Waals surface area contributed by atoms with E-state index in [0.29, 0.717) is 0 Å². The van der Waals surface area contributed by atoms with Crippen LogP contribution in [-0.4, -0.2) is 18.1 Å². The lowest BCUT2D eigenvalue weighted by atomic mass is 10.1. The standard InChI is InChI=1S/C14H21NS/c1-4-6-16-7-5-15-11-14-9-12(2)8-13(3)10-14/h4,8-10,15H,1,5-7,11H2,2-3H3. The van der Waals surface area contributed by atoms with Crippen molar-refractivity contribution in [3.05, 3.63) is 47.5 Å². The van der Waals surface area contributed by atoms with E-state index in [0.717, 1.165) is 24.6 Å². The number of hydrogen-bond donors (Lipinski definition) is 1. The molecule has 0 aromatic heterocycles. The molecule has 0 atom stereocenters. The van der Waals surface area contributed by atoms with Gasteiger partial charge in [0.25, 0.3) is 0 Å². The van der Waals surface area contributed by atoms with Gasteiger partial charge < -0.3 is 5.32 Å². The topological polar surface area (TPSA) is 12.0 Å². The minimum absolute atomic E-state index is 0.969. The number of thioether (sulfide) groups is 1. The van der Waals surface area contributed by atoms with E-state index in [1.54, 1.807) is 0 Å². The molecule has 1 N–H and O–H groups in total. The fourth-order valence-electron chi connectivity index (χ4n) is 1.71. The minimum atomic E-state index is 0.969. The first kappa shape index (κ1) is 13.3. The highest BCUT2D eigenvalue weighted by Gasteiger charge is 1.95. The van der Waals surface area contributed by atoms with Gasteiger partial charge in [0.2, 0.25) is 0 Å². The summed E-state index contributed by atoms with van der Waals surface area (Å²) in [6.07, 6.45) is 1.95. The Morgan fingerprint density at radius 3 is 2.56 bits per heavy atom. The highest BCUT2D eigenvalue weighted by atomic mass is 32.2. The lowest BCUT2D eigenvalue weighted by Crippen LogP contribution is -2.16. The van der Waals surface area contributed by atoms with Crippen LogP contribution in [0.5, 0.6) is 0 Å². The first-order valence-electron chi connectivity index (χ1n) is 5.69. The third-order valence-electron chi connectivity index (χ3n) is 2.27. The second-order valence-corrected chi connectivity index (χ2v) is 5.19. The summed E-state index contributed by atoms with van der Waals surface area (Å²) in [6, 6.07) is 6.71. The van der Waals surface area contributed by atoms with Crippen LogP contribution in [0.4, 0.5) is 0 Å². The summed E-state index contributed by atoms with van der Waals surface area (Å²) in [7, 11) is 0. The Labute approximate surface area is 103 Å². The van der Waals surface area contributed by atoms with E-state index in [1.165, 1.54) is 16.7 Å². The second-order valence-electron chi connectivity index (χ2n) is 4.04. The summed E-state index contributed by atoms with van der Waals surface area (Å²) >= 11 is 1.91. The number of aryl methyl sites for hydroxylation is 2. The molecule has 0 aliphatic rings. The molecule has 0 spiro atoms. The summed E-state index contributed by atoms with van der Waals surface area (Å²) in [5.74, 6) is 2.20. The maximum atomic E-state index is 3.70. The number of nitrogens with one attached hydrogen (secondary N) is 1. The molecule has 0 fully saturated rings. The Bertz CT molecular complexity index is 313. The average molecular weight is 235 g/mol. The summed E-state index contributed by atoms with van der Waals surface area (Å²) < 4.78 is 0. The van der Waals surface area contributed by atoms with Crippen LogP contribution in [0.3, 0.4) is 0 Å². The van der Waals surface area contributed by atoms with Gasteiger partial charge in [-0.15, -0.1) is 6.58 Å². The Balaban J connectivity index is 2.23. The molecule has 1 aromatic carbocycles.